The van der Waals surface area contributed by atoms with E-state index in [1.165, 1.54) is 0 Å². The number of methoxy groups -OCH3 is 1. The normalized spacial score (nSPS) is 40.2. The molecule has 4 heteroatoms. The van der Waals surface area contributed by atoms with E-state index in [4.69, 9.17) is 15.6 Å². The average Bonchev–Trinajstić information content (AvgIpc) is 2.09. The van der Waals surface area contributed by atoms with E-state index in [2.05, 4.69) is 0 Å². The fraction of sp³-hybridized carbons (Fsp3) is 0.889. The minimum atomic E-state index is -1.05. The Morgan fingerprint density at radius 1 is 1.69 bits per heavy atom. The van der Waals surface area contributed by atoms with Crippen LogP contribution in [0, 0.1) is 5.92 Å². The maximum Gasteiger partial charge on any atom is 0.323 e. The lowest BCUT2D eigenvalue weighted by Crippen LogP contribution is -2.56. The number of hydrogen-bond donors (Lipinski definition) is 2. The van der Waals surface area contributed by atoms with Gasteiger partial charge in [-0.15, -0.1) is 0 Å². The smallest absolute Gasteiger partial charge is 0.323 e. The van der Waals surface area contributed by atoms with Crippen molar-refractivity contribution in [2.45, 2.75) is 37.8 Å². The summed E-state index contributed by atoms with van der Waals surface area (Å²) >= 11 is 0. The Kier molecular flexibility index (Phi) is 2.93. The largest absolute Gasteiger partial charge is 0.480 e. The number of aliphatic carboxylic acids is 1. The van der Waals surface area contributed by atoms with Crippen molar-refractivity contribution in [2.24, 2.45) is 11.7 Å². The lowest BCUT2D eigenvalue weighted by molar-refractivity contribution is -0.148. The Morgan fingerprint density at radius 2 is 2.31 bits per heavy atom. The van der Waals surface area contributed by atoms with Gasteiger partial charge in [-0.05, 0) is 25.2 Å². The topological polar surface area (TPSA) is 72.5 Å². The van der Waals surface area contributed by atoms with Gasteiger partial charge in [-0.25, -0.2) is 0 Å². The molecule has 0 saturated heterocycles. The highest BCUT2D eigenvalue weighted by atomic mass is 16.5. The minimum Gasteiger partial charge on any atom is -0.480 e. The van der Waals surface area contributed by atoms with Crippen molar-refractivity contribution in [1.82, 2.24) is 0 Å². The maximum atomic E-state index is 10.9. The Balaban J connectivity index is 2.67. The van der Waals surface area contributed by atoms with Crippen LogP contribution in [0.3, 0.4) is 0 Å². The van der Waals surface area contributed by atoms with Crippen LogP contribution in [0.1, 0.15) is 26.2 Å². The van der Waals surface area contributed by atoms with Gasteiger partial charge >= 0.3 is 5.97 Å². The second kappa shape index (κ2) is 3.64. The summed E-state index contributed by atoms with van der Waals surface area (Å²) in [5, 5.41) is 8.96. The van der Waals surface area contributed by atoms with Gasteiger partial charge in [0.25, 0.3) is 0 Å². The molecule has 0 aromatic heterocycles. The number of hydrogen-bond acceptors (Lipinski definition) is 3. The quantitative estimate of drug-likeness (QED) is 0.664. The highest BCUT2D eigenvalue weighted by Crippen LogP contribution is 2.33. The van der Waals surface area contributed by atoms with Crippen molar-refractivity contribution in [3.63, 3.8) is 0 Å². The standard InChI is InChI=1S/C9H17NO3/c1-6-5-7(13-2)3-4-9(6,10)8(11)12/h6-7H,3-5,10H2,1-2H3,(H,11,12)/t6-,7-,9?/m0/s1. The van der Waals surface area contributed by atoms with Gasteiger partial charge in [-0.1, -0.05) is 6.92 Å². The third-order valence-corrected chi connectivity index (χ3v) is 3.11. The molecule has 76 valence electrons. The number of ether oxygens (including phenoxy) is 1. The first-order valence-corrected chi connectivity index (χ1v) is 4.55. The van der Waals surface area contributed by atoms with Crippen molar-refractivity contribution in [1.29, 1.82) is 0 Å². The molecular weight excluding hydrogens is 170 g/mol. The third kappa shape index (κ3) is 1.84. The molecule has 1 unspecified atom stereocenters. The van der Waals surface area contributed by atoms with Gasteiger partial charge in [0.05, 0.1) is 6.10 Å². The van der Waals surface area contributed by atoms with Crippen molar-refractivity contribution < 1.29 is 14.6 Å². The van der Waals surface area contributed by atoms with Crippen molar-refractivity contribution >= 4 is 5.97 Å². The zero-order valence-electron chi connectivity index (χ0n) is 8.12. The minimum absolute atomic E-state index is 0.0244. The molecule has 0 aromatic carbocycles. The van der Waals surface area contributed by atoms with Crippen LogP contribution in [-0.2, 0) is 9.53 Å². The Morgan fingerprint density at radius 3 is 2.69 bits per heavy atom. The van der Waals surface area contributed by atoms with E-state index in [9.17, 15) is 4.79 Å². The van der Waals surface area contributed by atoms with Crippen LogP contribution in [0.25, 0.3) is 0 Å². The predicted octanol–water partition coefficient (Wildman–Crippen LogP) is 0.603. The molecule has 0 aromatic rings. The fourth-order valence-corrected chi connectivity index (χ4v) is 1.90. The van der Waals surface area contributed by atoms with Crippen LogP contribution in [0.15, 0.2) is 0 Å². The van der Waals surface area contributed by atoms with Gasteiger partial charge < -0.3 is 15.6 Å². The second-order valence-electron chi connectivity index (χ2n) is 3.88. The van der Waals surface area contributed by atoms with Gasteiger partial charge in [-0.3, -0.25) is 4.79 Å². The van der Waals surface area contributed by atoms with Gasteiger partial charge in [-0.2, -0.15) is 0 Å². The zero-order valence-corrected chi connectivity index (χ0v) is 8.12. The predicted molar refractivity (Wildman–Crippen MR) is 48.4 cm³/mol. The van der Waals surface area contributed by atoms with E-state index in [0.717, 1.165) is 12.8 Å². The Labute approximate surface area is 78.1 Å². The number of nitrogens with two attached hydrogens (primary N) is 1. The molecule has 1 aliphatic rings. The van der Waals surface area contributed by atoms with E-state index in [1.54, 1.807) is 7.11 Å². The summed E-state index contributed by atoms with van der Waals surface area (Å²) in [6, 6.07) is 0. The van der Waals surface area contributed by atoms with E-state index in [1.807, 2.05) is 6.92 Å². The molecule has 1 saturated carbocycles. The summed E-state index contributed by atoms with van der Waals surface area (Å²) in [5.41, 5.74) is 4.76. The van der Waals surface area contributed by atoms with E-state index < -0.39 is 11.5 Å². The van der Waals surface area contributed by atoms with Crippen LogP contribution >= 0.6 is 0 Å². The van der Waals surface area contributed by atoms with Gasteiger partial charge in [0, 0.05) is 7.11 Å². The summed E-state index contributed by atoms with van der Waals surface area (Å²) in [7, 11) is 1.65. The first kappa shape index (κ1) is 10.5. The van der Waals surface area contributed by atoms with E-state index >= 15 is 0 Å². The highest BCUT2D eigenvalue weighted by Gasteiger charge is 2.44. The first-order chi connectivity index (χ1) is 6.00. The number of rotatable bonds is 2. The molecule has 0 amide bonds. The van der Waals surface area contributed by atoms with E-state index in [0.29, 0.717) is 6.42 Å². The summed E-state index contributed by atoms with van der Waals surface area (Å²) in [6.07, 6.45) is 2.15. The van der Waals surface area contributed by atoms with Crippen molar-refractivity contribution in [2.75, 3.05) is 7.11 Å². The Bertz CT molecular complexity index is 207. The van der Waals surface area contributed by atoms with Gasteiger partial charge in [0.1, 0.15) is 5.54 Å². The molecular formula is C9H17NO3. The van der Waals surface area contributed by atoms with Gasteiger partial charge in [0.2, 0.25) is 0 Å². The monoisotopic (exact) mass is 187 g/mol. The molecule has 0 bridgehead atoms. The number of carbonyl (C=O) groups is 1. The molecule has 1 rings (SSSR count). The van der Waals surface area contributed by atoms with Crippen LogP contribution < -0.4 is 5.73 Å². The van der Waals surface area contributed by atoms with Crippen LogP contribution in [0.5, 0.6) is 0 Å². The van der Waals surface area contributed by atoms with E-state index in [-0.39, 0.29) is 12.0 Å². The molecule has 0 heterocycles. The second-order valence-corrected chi connectivity index (χ2v) is 3.88. The third-order valence-electron chi connectivity index (χ3n) is 3.11. The molecule has 0 aliphatic heterocycles. The molecule has 0 spiro atoms. The maximum absolute atomic E-state index is 10.9. The lowest BCUT2D eigenvalue weighted by atomic mass is 9.73. The zero-order chi connectivity index (χ0) is 10.1. The molecule has 0 radical (unpaired) electrons. The Hall–Kier alpha value is -0.610. The fourth-order valence-electron chi connectivity index (χ4n) is 1.90. The first-order valence-electron chi connectivity index (χ1n) is 4.55. The number of carboxylic acids is 1. The average molecular weight is 187 g/mol. The van der Waals surface area contributed by atoms with Crippen LogP contribution in [0.4, 0.5) is 0 Å². The summed E-state index contributed by atoms with van der Waals surface area (Å²) in [4.78, 5) is 10.9. The highest BCUT2D eigenvalue weighted by molar-refractivity contribution is 5.79. The molecule has 13 heavy (non-hydrogen) atoms. The molecule has 3 atom stereocenters. The molecule has 1 aliphatic carbocycles. The summed E-state index contributed by atoms with van der Waals surface area (Å²) in [5.74, 6) is -0.918. The molecule has 4 nitrogen and oxygen atoms in total. The summed E-state index contributed by atoms with van der Waals surface area (Å²) < 4.78 is 5.19. The lowest BCUT2D eigenvalue weighted by Gasteiger charge is -2.38. The summed E-state index contributed by atoms with van der Waals surface area (Å²) in [6.45, 7) is 1.87. The van der Waals surface area contributed by atoms with Crippen molar-refractivity contribution in [3.05, 3.63) is 0 Å². The van der Waals surface area contributed by atoms with Gasteiger partial charge in [0.15, 0.2) is 0 Å². The molecule has 1 fully saturated rings. The van der Waals surface area contributed by atoms with Crippen LogP contribution in [0.2, 0.25) is 0 Å². The number of carboxylic acid groups (broad SMARTS) is 1. The van der Waals surface area contributed by atoms with Crippen molar-refractivity contribution in [3.8, 4) is 0 Å². The van der Waals surface area contributed by atoms with Crippen LogP contribution in [-0.4, -0.2) is 29.8 Å². The SMILES string of the molecule is CO[C@H]1CCC(N)(C(=O)O)[C@@H](C)C1. The molecule has 3 N–H and O–H groups in total.